The van der Waals surface area contributed by atoms with E-state index in [1.54, 1.807) is 31.4 Å². The van der Waals surface area contributed by atoms with Crippen molar-refractivity contribution in [2.24, 2.45) is 10.9 Å². The molecule has 1 aromatic rings. The van der Waals surface area contributed by atoms with E-state index in [0.29, 0.717) is 6.04 Å². The van der Waals surface area contributed by atoms with E-state index in [0.717, 1.165) is 24.2 Å². The van der Waals surface area contributed by atoms with Crippen LogP contribution in [0.5, 0.6) is 5.75 Å². The highest BCUT2D eigenvalue weighted by Crippen LogP contribution is 2.24. The molecule has 0 unspecified atom stereocenters. The van der Waals surface area contributed by atoms with Gasteiger partial charge in [0.25, 0.3) is 5.91 Å². The molecule has 1 aliphatic carbocycles. The van der Waals surface area contributed by atoms with Crippen molar-refractivity contribution >= 4 is 11.7 Å². The van der Waals surface area contributed by atoms with Crippen LogP contribution in [0.25, 0.3) is 0 Å². The first-order valence-electron chi connectivity index (χ1n) is 8.94. The third-order valence-corrected chi connectivity index (χ3v) is 4.55. The Morgan fingerprint density at radius 2 is 1.88 bits per heavy atom. The Balaban J connectivity index is 1.92. The molecule has 1 aliphatic rings. The normalized spacial score (nSPS) is 15.9. The molecular formula is C19H29N3O3. The van der Waals surface area contributed by atoms with E-state index in [1.807, 2.05) is 18.7 Å². The highest BCUT2D eigenvalue weighted by atomic mass is 16.6. The fourth-order valence-corrected chi connectivity index (χ4v) is 3.32. The summed E-state index contributed by atoms with van der Waals surface area (Å²) < 4.78 is 5.11. The first-order chi connectivity index (χ1) is 12.0. The van der Waals surface area contributed by atoms with Gasteiger partial charge in [0.15, 0.2) is 12.4 Å². The van der Waals surface area contributed by atoms with Crippen LogP contribution in [0.15, 0.2) is 29.4 Å². The number of hydrogen-bond acceptors (Lipinski definition) is 4. The first kappa shape index (κ1) is 19.1. The maximum absolute atomic E-state index is 12.6. The van der Waals surface area contributed by atoms with Crippen LogP contribution in [0.2, 0.25) is 0 Å². The molecule has 1 saturated carbocycles. The van der Waals surface area contributed by atoms with Crippen LogP contribution in [0, 0.1) is 0 Å². The second-order valence-electron chi connectivity index (χ2n) is 6.67. The number of oxime groups is 1. The van der Waals surface area contributed by atoms with E-state index in [-0.39, 0.29) is 24.4 Å². The van der Waals surface area contributed by atoms with Crippen molar-refractivity contribution in [3.8, 4) is 5.75 Å². The molecule has 0 saturated heterocycles. The molecule has 0 aliphatic heterocycles. The monoisotopic (exact) mass is 347 g/mol. The summed E-state index contributed by atoms with van der Waals surface area (Å²) in [5, 5.41) is 3.88. The molecule has 0 bridgehead atoms. The minimum atomic E-state index is -0.0917. The zero-order valence-corrected chi connectivity index (χ0v) is 15.4. The fraction of sp³-hybridized carbons (Fsp3) is 0.579. The predicted molar refractivity (Wildman–Crippen MR) is 98.5 cm³/mol. The zero-order valence-electron chi connectivity index (χ0n) is 15.4. The summed E-state index contributed by atoms with van der Waals surface area (Å²) >= 11 is 0. The van der Waals surface area contributed by atoms with Gasteiger partial charge in [0.2, 0.25) is 0 Å². The van der Waals surface area contributed by atoms with Gasteiger partial charge < -0.3 is 20.2 Å². The van der Waals surface area contributed by atoms with E-state index in [4.69, 9.17) is 15.3 Å². The number of methoxy groups -OCH3 is 1. The zero-order chi connectivity index (χ0) is 18.2. The van der Waals surface area contributed by atoms with Gasteiger partial charge in [0, 0.05) is 17.6 Å². The third kappa shape index (κ3) is 5.37. The average Bonchev–Trinajstić information content (AvgIpc) is 2.62. The number of carbonyl (C=O) groups excluding carboxylic acids is 1. The smallest absolute Gasteiger partial charge is 0.263 e. The van der Waals surface area contributed by atoms with Gasteiger partial charge in [-0.1, -0.05) is 24.4 Å². The molecule has 2 N–H and O–H groups in total. The molecule has 1 amide bonds. The summed E-state index contributed by atoms with van der Waals surface area (Å²) in [6, 6.07) is 7.66. The second-order valence-corrected chi connectivity index (χ2v) is 6.67. The van der Waals surface area contributed by atoms with Crippen LogP contribution >= 0.6 is 0 Å². The number of hydrogen-bond donors (Lipinski definition) is 1. The number of carbonyl (C=O) groups is 1. The Morgan fingerprint density at radius 1 is 1.24 bits per heavy atom. The van der Waals surface area contributed by atoms with Gasteiger partial charge in [-0.2, -0.15) is 0 Å². The number of amides is 1. The van der Waals surface area contributed by atoms with Crippen molar-refractivity contribution in [3.05, 3.63) is 29.8 Å². The lowest BCUT2D eigenvalue weighted by atomic mass is 9.93. The lowest BCUT2D eigenvalue weighted by molar-refractivity contribution is -0.141. The molecule has 0 spiro atoms. The van der Waals surface area contributed by atoms with Gasteiger partial charge in [-0.25, -0.2) is 0 Å². The molecule has 0 aromatic heterocycles. The van der Waals surface area contributed by atoms with E-state index in [9.17, 15) is 4.79 Å². The maximum atomic E-state index is 12.6. The molecule has 1 aromatic carbocycles. The topological polar surface area (TPSA) is 77.1 Å². The van der Waals surface area contributed by atoms with Crippen LogP contribution < -0.4 is 10.5 Å². The van der Waals surface area contributed by atoms with E-state index in [1.165, 1.54) is 19.3 Å². The Morgan fingerprint density at radius 3 is 2.44 bits per heavy atom. The molecule has 0 radical (unpaired) electrons. The molecule has 1 fully saturated rings. The van der Waals surface area contributed by atoms with E-state index >= 15 is 0 Å². The maximum Gasteiger partial charge on any atom is 0.263 e. The Bertz CT molecular complexity index is 578. The van der Waals surface area contributed by atoms with Crippen molar-refractivity contribution in [1.82, 2.24) is 4.90 Å². The van der Waals surface area contributed by atoms with Crippen molar-refractivity contribution < 1.29 is 14.4 Å². The van der Waals surface area contributed by atoms with Gasteiger partial charge >= 0.3 is 0 Å². The van der Waals surface area contributed by atoms with Crippen molar-refractivity contribution in [1.29, 1.82) is 0 Å². The average molecular weight is 347 g/mol. The number of benzene rings is 1. The number of amidine groups is 1. The summed E-state index contributed by atoms with van der Waals surface area (Å²) in [4.78, 5) is 19.7. The summed E-state index contributed by atoms with van der Waals surface area (Å²) in [6.45, 7) is 3.99. The fourth-order valence-electron chi connectivity index (χ4n) is 3.32. The Hall–Kier alpha value is -2.24. The second kappa shape index (κ2) is 9.30. The molecule has 2 rings (SSSR count). The van der Waals surface area contributed by atoms with Gasteiger partial charge in [-0.3, -0.25) is 4.79 Å². The number of nitrogens with two attached hydrogens (primary N) is 1. The molecule has 138 valence electrons. The molecular weight excluding hydrogens is 318 g/mol. The molecule has 6 heteroatoms. The third-order valence-electron chi connectivity index (χ3n) is 4.55. The standard InChI is InChI=1S/C19H29N3O3/c1-14(2)22(16-7-5-4-6-8-16)18(23)13-25-21-19(20)15-9-11-17(24-3)12-10-15/h9-12,14,16H,4-8,13H2,1-3H3,(H2,20,21). The molecule has 25 heavy (non-hydrogen) atoms. The molecule has 6 nitrogen and oxygen atoms in total. The predicted octanol–water partition coefficient (Wildman–Crippen LogP) is 2.90. The van der Waals surface area contributed by atoms with E-state index < -0.39 is 0 Å². The lowest BCUT2D eigenvalue weighted by Gasteiger charge is -2.37. The van der Waals surface area contributed by atoms with Gasteiger partial charge in [-0.05, 0) is 51.0 Å². The van der Waals surface area contributed by atoms with Crippen molar-refractivity contribution in [2.45, 2.75) is 58.0 Å². The largest absolute Gasteiger partial charge is 0.497 e. The Labute approximate surface area is 150 Å². The van der Waals surface area contributed by atoms with Gasteiger partial charge in [0.1, 0.15) is 5.75 Å². The van der Waals surface area contributed by atoms with Gasteiger partial charge in [-0.15, -0.1) is 0 Å². The molecule has 0 atom stereocenters. The highest BCUT2D eigenvalue weighted by molar-refractivity contribution is 5.97. The Kier molecular flexibility index (Phi) is 7.10. The van der Waals surface area contributed by atoms with Crippen LogP contribution in [-0.2, 0) is 9.63 Å². The molecule has 0 heterocycles. The van der Waals surface area contributed by atoms with Crippen LogP contribution in [-0.4, -0.2) is 42.4 Å². The van der Waals surface area contributed by atoms with E-state index in [2.05, 4.69) is 5.16 Å². The summed E-state index contributed by atoms with van der Waals surface area (Å²) in [7, 11) is 1.61. The van der Waals surface area contributed by atoms with Crippen LogP contribution in [0.4, 0.5) is 0 Å². The number of ether oxygens (including phenoxy) is 1. The van der Waals surface area contributed by atoms with Crippen molar-refractivity contribution in [3.63, 3.8) is 0 Å². The quantitative estimate of drug-likeness (QED) is 0.467. The lowest BCUT2D eigenvalue weighted by Crippen LogP contribution is -2.47. The summed E-state index contributed by atoms with van der Waals surface area (Å²) in [6.07, 6.45) is 5.77. The summed E-state index contributed by atoms with van der Waals surface area (Å²) in [5.74, 6) is 0.949. The van der Waals surface area contributed by atoms with Gasteiger partial charge in [0.05, 0.1) is 7.11 Å². The minimum absolute atomic E-state index is 0.0341. The van der Waals surface area contributed by atoms with Crippen LogP contribution in [0.1, 0.15) is 51.5 Å². The first-order valence-corrected chi connectivity index (χ1v) is 8.94. The summed E-state index contributed by atoms with van der Waals surface area (Å²) in [5.41, 5.74) is 6.63. The minimum Gasteiger partial charge on any atom is -0.497 e. The number of rotatable bonds is 7. The number of nitrogens with zero attached hydrogens (tertiary/aromatic N) is 2. The SMILES string of the molecule is COc1ccc(/C(N)=N/OCC(=O)N(C(C)C)C2CCCCC2)cc1. The van der Waals surface area contributed by atoms with Crippen molar-refractivity contribution in [2.75, 3.05) is 13.7 Å². The van der Waals surface area contributed by atoms with Crippen LogP contribution in [0.3, 0.4) is 0 Å². The highest BCUT2D eigenvalue weighted by Gasteiger charge is 2.27.